The summed E-state index contributed by atoms with van der Waals surface area (Å²) in [5.41, 5.74) is 0. The molecule has 0 heterocycles. The second kappa shape index (κ2) is 31.8. The van der Waals surface area contributed by atoms with Gasteiger partial charge in [-0.05, 0) is 0 Å². The average Bonchev–Trinajstić information content (AvgIpc) is 1.25. The van der Waals surface area contributed by atoms with Crippen LogP contribution in [0.3, 0.4) is 0 Å². The van der Waals surface area contributed by atoms with E-state index in [4.69, 9.17) is 20.8 Å². The second-order valence-corrected chi connectivity index (χ2v) is 2.74. The topological polar surface area (TPSA) is 138 Å². The fourth-order valence-electron chi connectivity index (χ4n) is 0. The summed E-state index contributed by atoms with van der Waals surface area (Å²) in [4.78, 5) is 0. The van der Waals surface area contributed by atoms with E-state index in [1.165, 1.54) is 0 Å². The zero-order chi connectivity index (χ0) is 7.15. The first-order chi connectivity index (χ1) is 3.46. The van der Waals surface area contributed by atoms with Gasteiger partial charge in [-0.25, -0.2) is 0 Å². The molecule has 0 unspecified atom stereocenters. The molecule has 0 aliphatic heterocycles. The van der Waals surface area contributed by atoms with Crippen LogP contribution in [0.15, 0.2) is 0 Å². The zero-order valence-electron chi connectivity index (χ0n) is 7.27. The van der Waals surface area contributed by atoms with Crippen LogP contribution in [0, 0.1) is 0 Å². The normalized spacial score (nSPS) is 6.00. The molecule has 52 valence electrons. The Balaban J connectivity index is -0.0000000112. The Morgan fingerprint density at radius 3 is 0.417 bits per heavy atom. The maximum Gasteiger partial charge on any atom is 1.00 e. The zero-order valence-corrected chi connectivity index (χ0v) is 31.6. The molecule has 0 aromatic rings. The SMILES string of the molecule is [O-][Te+]([O-])[O-].[O-][Te+]([O-])[O-].[Rb+].[Rb+].[Rb+].[Rb+]. The van der Waals surface area contributed by atoms with Gasteiger partial charge in [0.15, 0.2) is 0 Å². The molecule has 12 heavy (non-hydrogen) atoms. The summed E-state index contributed by atoms with van der Waals surface area (Å²) in [6.07, 6.45) is 0. The Kier molecular flexibility index (Phi) is 98.3. The first-order valence-corrected chi connectivity index (χ1v) is 6.71. The summed E-state index contributed by atoms with van der Waals surface area (Å²) >= 11 is -8.21. The van der Waals surface area contributed by atoms with Crippen molar-refractivity contribution in [2.24, 2.45) is 0 Å². The van der Waals surface area contributed by atoms with E-state index in [0.29, 0.717) is 0 Å². The average molecular weight is 693 g/mol. The first kappa shape index (κ1) is 37.1. The van der Waals surface area contributed by atoms with Crippen molar-refractivity contribution in [1.82, 2.24) is 0 Å². The monoisotopic (exact) mass is 695 g/mol. The summed E-state index contributed by atoms with van der Waals surface area (Å²) in [6.45, 7) is 0. The van der Waals surface area contributed by atoms with Crippen molar-refractivity contribution >= 4 is 41.6 Å². The predicted molar refractivity (Wildman–Crippen MR) is 11.5 cm³/mol. The van der Waals surface area contributed by atoms with Crippen LogP contribution in [0.1, 0.15) is 0 Å². The molecule has 0 saturated heterocycles. The molecule has 0 aliphatic rings. The third kappa shape index (κ3) is 78.1. The Hall–Kier alpha value is 8.56. The second-order valence-electron chi connectivity index (χ2n) is 0.408. The number of rotatable bonds is 0. The minimum Gasteiger partial charge on any atom is 1.00 e. The van der Waals surface area contributed by atoms with E-state index in [1.54, 1.807) is 0 Å². The van der Waals surface area contributed by atoms with Crippen molar-refractivity contribution in [1.29, 1.82) is 0 Å². The van der Waals surface area contributed by atoms with Crippen molar-refractivity contribution in [3.8, 4) is 0 Å². The Morgan fingerprint density at radius 2 is 0.417 bits per heavy atom. The molecule has 0 spiro atoms. The van der Waals surface area contributed by atoms with E-state index in [2.05, 4.69) is 0 Å². The number of hydrogen-bond acceptors (Lipinski definition) is 6. The van der Waals surface area contributed by atoms with Crippen LogP contribution in [0.2, 0.25) is 0 Å². The van der Waals surface area contributed by atoms with Crippen molar-refractivity contribution in [2.75, 3.05) is 0 Å². The van der Waals surface area contributed by atoms with E-state index in [-0.39, 0.29) is 233 Å². The maximum atomic E-state index is 8.59. The van der Waals surface area contributed by atoms with Gasteiger partial charge < -0.3 is 0 Å². The van der Waals surface area contributed by atoms with E-state index < -0.39 is 41.6 Å². The molecule has 0 saturated carbocycles. The Bertz CT molecular complexity index is 33.0. The van der Waals surface area contributed by atoms with Crippen LogP contribution in [0.5, 0.6) is 0 Å². The standard InChI is InChI=1S/2H2O3Te.4Rb/c2*1-4(2)3;;;;/h2*(H2,1,2,3);;;;/q;;4*+1/p-4. The van der Waals surface area contributed by atoms with Crippen molar-refractivity contribution in [3.63, 3.8) is 0 Å². The quantitative estimate of drug-likeness (QED) is 0.231. The fraction of sp³-hybridized carbons (Fsp3) is 0. The molecular formula is O6Rb4Te2. The third-order valence-corrected chi connectivity index (χ3v) is 0. The maximum absolute atomic E-state index is 8.59. The van der Waals surface area contributed by atoms with Gasteiger partial charge in [-0.2, -0.15) is 0 Å². The van der Waals surface area contributed by atoms with Gasteiger partial charge in [-0.1, -0.05) is 0 Å². The first-order valence-electron chi connectivity index (χ1n) is 1.00. The Labute approximate surface area is 283 Å². The molecule has 0 amide bonds. The summed E-state index contributed by atoms with van der Waals surface area (Å²) in [5, 5.41) is 0. The summed E-state index contributed by atoms with van der Waals surface area (Å²) in [7, 11) is 0. The molecule has 0 fully saturated rings. The van der Waals surface area contributed by atoms with Crippen LogP contribution < -0.4 is 254 Å². The fourth-order valence-corrected chi connectivity index (χ4v) is 0. The molecule has 0 radical (unpaired) electrons. The van der Waals surface area contributed by atoms with Crippen LogP contribution in [0.4, 0.5) is 0 Å². The molecule has 0 aliphatic carbocycles. The molecule has 0 atom stereocenters. The summed E-state index contributed by atoms with van der Waals surface area (Å²) < 4.78 is 51.5. The third-order valence-electron chi connectivity index (χ3n) is 0. The molecule has 0 rings (SSSR count). The van der Waals surface area contributed by atoms with Gasteiger partial charge in [-0.15, -0.1) is 0 Å². The van der Waals surface area contributed by atoms with E-state index >= 15 is 0 Å². The van der Waals surface area contributed by atoms with Crippen molar-refractivity contribution in [2.45, 2.75) is 0 Å². The van der Waals surface area contributed by atoms with Gasteiger partial charge in [0, 0.05) is 0 Å². The summed E-state index contributed by atoms with van der Waals surface area (Å²) in [6, 6.07) is 0. The van der Waals surface area contributed by atoms with Gasteiger partial charge in [-0.3, -0.25) is 0 Å². The largest absolute Gasteiger partial charge is 1.00 e. The van der Waals surface area contributed by atoms with Crippen LogP contribution >= 0.6 is 0 Å². The molecule has 0 aromatic heterocycles. The van der Waals surface area contributed by atoms with E-state index in [1.807, 2.05) is 0 Å². The van der Waals surface area contributed by atoms with Crippen LogP contribution in [-0.2, 0) is 0 Å². The minimum atomic E-state index is -4.11. The van der Waals surface area contributed by atoms with Gasteiger partial charge in [0.05, 0.1) is 0 Å². The molecule has 0 bridgehead atoms. The van der Waals surface area contributed by atoms with Crippen LogP contribution in [-0.4, -0.2) is 41.6 Å². The summed E-state index contributed by atoms with van der Waals surface area (Å²) in [5.74, 6) is 0. The molecule has 0 aromatic carbocycles. The molecule has 12 heteroatoms. The smallest absolute Gasteiger partial charge is 1.00 e. The Morgan fingerprint density at radius 1 is 0.417 bits per heavy atom. The van der Waals surface area contributed by atoms with Crippen LogP contribution in [0.25, 0.3) is 0 Å². The molecule has 0 N–H and O–H groups in total. The van der Waals surface area contributed by atoms with Crippen molar-refractivity contribution in [3.05, 3.63) is 0 Å². The van der Waals surface area contributed by atoms with Gasteiger partial charge >= 0.3 is 295 Å². The van der Waals surface area contributed by atoms with Gasteiger partial charge in [0.25, 0.3) is 0 Å². The number of hydrogen-bond donors (Lipinski definition) is 0. The molecular weight excluding hydrogens is 693 g/mol. The van der Waals surface area contributed by atoms with E-state index in [0.717, 1.165) is 0 Å². The molecule has 6 nitrogen and oxygen atoms in total. The minimum absolute atomic E-state index is 0. The van der Waals surface area contributed by atoms with Crippen molar-refractivity contribution < 1.29 is 254 Å². The van der Waals surface area contributed by atoms with E-state index in [9.17, 15) is 0 Å². The van der Waals surface area contributed by atoms with Gasteiger partial charge in [0.1, 0.15) is 0 Å². The van der Waals surface area contributed by atoms with Gasteiger partial charge in [0.2, 0.25) is 0 Å². The predicted octanol–water partition coefficient (Wildman–Crippen LogP) is -19.9.